The third kappa shape index (κ3) is 5.13. The maximum Gasteiger partial charge on any atom is 0.358 e. The summed E-state index contributed by atoms with van der Waals surface area (Å²) in [5.74, 6) is 0.740. The first kappa shape index (κ1) is 20.7. The van der Waals surface area contributed by atoms with E-state index < -0.39 is 18.0 Å². The maximum absolute atomic E-state index is 12.4. The van der Waals surface area contributed by atoms with Gasteiger partial charge in [0.15, 0.2) is 23.3 Å². The number of nitrogens with one attached hydrogen (secondary N) is 1. The SMILES string of the molecule is Cc1ccc(OCc2nc(C(=O)OC(C)C(=O)Nc3ccc4c(c3)OCO4)cs2)cc1. The van der Waals surface area contributed by atoms with Gasteiger partial charge in [-0.1, -0.05) is 17.7 Å². The molecule has 0 saturated carbocycles. The van der Waals surface area contributed by atoms with E-state index in [1.807, 2.05) is 31.2 Å². The van der Waals surface area contributed by atoms with Crippen molar-refractivity contribution in [2.75, 3.05) is 12.1 Å². The zero-order chi connectivity index (χ0) is 21.8. The fourth-order valence-electron chi connectivity index (χ4n) is 2.74. The van der Waals surface area contributed by atoms with Gasteiger partial charge in [-0.15, -0.1) is 11.3 Å². The standard InChI is InChI=1S/C22H20N2O6S/c1-13-3-6-16(7-4-13)27-10-20-24-17(11-31-20)22(26)30-14(2)21(25)23-15-5-8-18-19(9-15)29-12-28-18/h3-9,11,14H,10,12H2,1-2H3,(H,23,25). The van der Waals surface area contributed by atoms with E-state index in [-0.39, 0.29) is 19.1 Å². The van der Waals surface area contributed by atoms with E-state index in [1.165, 1.54) is 18.3 Å². The number of esters is 1. The van der Waals surface area contributed by atoms with Crippen molar-refractivity contribution in [2.45, 2.75) is 26.6 Å². The molecule has 0 radical (unpaired) electrons. The number of anilines is 1. The van der Waals surface area contributed by atoms with Crippen LogP contribution in [0.15, 0.2) is 47.8 Å². The Morgan fingerprint density at radius 1 is 1.16 bits per heavy atom. The lowest BCUT2D eigenvalue weighted by molar-refractivity contribution is -0.123. The molecule has 1 atom stereocenters. The molecule has 2 heterocycles. The number of ether oxygens (including phenoxy) is 4. The van der Waals surface area contributed by atoms with Crippen molar-refractivity contribution in [3.05, 3.63) is 64.1 Å². The Morgan fingerprint density at radius 2 is 1.94 bits per heavy atom. The van der Waals surface area contributed by atoms with Crippen LogP contribution in [0.2, 0.25) is 0 Å². The Hall–Kier alpha value is -3.59. The first-order chi connectivity index (χ1) is 15.0. The number of nitrogens with zero attached hydrogens (tertiary/aromatic N) is 1. The zero-order valence-corrected chi connectivity index (χ0v) is 17.7. The first-order valence-corrected chi connectivity index (χ1v) is 10.4. The second-order valence-corrected chi connectivity index (χ2v) is 7.78. The molecule has 1 aliphatic rings. The minimum Gasteiger partial charge on any atom is -0.486 e. The van der Waals surface area contributed by atoms with E-state index in [0.717, 1.165) is 11.3 Å². The summed E-state index contributed by atoms with van der Waals surface area (Å²) in [5, 5.41) is 4.90. The Kier molecular flexibility index (Phi) is 6.03. The van der Waals surface area contributed by atoms with E-state index in [9.17, 15) is 9.59 Å². The lowest BCUT2D eigenvalue weighted by Gasteiger charge is -2.13. The number of carbonyl (C=O) groups excluding carboxylic acids is 2. The van der Waals surface area contributed by atoms with Crippen LogP contribution in [-0.2, 0) is 16.1 Å². The van der Waals surface area contributed by atoms with Gasteiger partial charge in [-0.05, 0) is 38.1 Å². The van der Waals surface area contributed by atoms with Crippen LogP contribution in [0.5, 0.6) is 17.2 Å². The third-order valence-corrected chi connectivity index (χ3v) is 5.26. The number of aryl methyl sites for hydroxylation is 1. The van der Waals surface area contributed by atoms with Gasteiger partial charge in [0, 0.05) is 17.1 Å². The number of aromatic nitrogens is 1. The number of carbonyl (C=O) groups is 2. The predicted molar refractivity (Wildman–Crippen MR) is 114 cm³/mol. The van der Waals surface area contributed by atoms with Gasteiger partial charge in [-0.3, -0.25) is 4.79 Å². The topological polar surface area (TPSA) is 96.0 Å². The van der Waals surface area contributed by atoms with Crippen molar-refractivity contribution in [3.63, 3.8) is 0 Å². The van der Waals surface area contributed by atoms with Crippen LogP contribution in [0.3, 0.4) is 0 Å². The average Bonchev–Trinajstić information content (AvgIpc) is 3.42. The molecule has 0 bridgehead atoms. The summed E-state index contributed by atoms with van der Waals surface area (Å²) in [5.41, 5.74) is 1.79. The second-order valence-electron chi connectivity index (χ2n) is 6.83. The van der Waals surface area contributed by atoms with Crippen LogP contribution in [0.1, 0.15) is 28.0 Å². The molecule has 2 aromatic carbocycles. The van der Waals surface area contributed by atoms with Crippen LogP contribution in [0.4, 0.5) is 5.69 Å². The van der Waals surface area contributed by atoms with Crippen molar-refractivity contribution >= 4 is 28.9 Å². The highest BCUT2D eigenvalue weighted by Crippen LogP contribution is 2.34. The minimum atomic E-state index is -1.01. The molecule has 1 unspecified atom stereocenters. The lowest BCUT2D eigenvalue weighted by atomic mass is 10.2. The van der Waals surface area contributed by atoms with Crippen LogP contribution >= 0.6 is 11.3 Å². The Balaban J connectivity index is 1.29. The summed E-state index contributed by atoms with van der Waals surface area (Å²) in [6, 6.07) is 12.7. The van der Waals surface area contributed by atoms with Gasteiger partial charge in [0.25, 0.3) is 5.91 Å². The van der Waals surface area contributed by atoms with Gasteiger partial charge < -0.3 is 24.3 Å². The molecule has 1 aromatic heterocycles. The van der Waals surface area contributed by atoms with E-state index >= 15 is 0 Å². The number of hydrogen-bond acceptors (Lipinski definition) is 8. The number of hydrogen-bond donors (Lipinski definition) is 1. The Labute approximate surface area is 182 Å². The van der Waals surface area contributed by atoms with E-state index in [4.69, 9.17) is 18.9 Å². The minimum absolute atomic E-state index is 0.134. The monoisotopic (exact) mass is 440 g/mol. The third-order valence-electron chi connectivity index (χ3n) is 4.44. The van der Waals surface area contributed by atoms with Gasteiger partial charge in [0.05, 0.1) is 0 Å². The van der Waals surface area contributed by atoms with Crippen molar-refractivity contribution in [2.24, 2.45) is 0 Å². The van der Waals surface area contributed by atoms with Crippen LogP contribution < -0.4 is 19.5 Å². The van der Waals surface area contributed by atoms with Crippen molar-refractivity contribution in [1.82, 2.24) is 4.98 Å². The summed E-state index contributed by atoms with van der Waals surface area (Å²) in [6.07, 6.45) is -1.01. The average molecular weight is 440 g/mol. The molecule has 0 fully saturated rings. The number of amides is 1. The Morgan fingerprint density at radius 3 is 2.74 bits per heavy atom. The molecule has 31 heavy (non-hydrogen) atoms. The van der Waals surface area contributed by atoms with Crippen LogP contribution in [0, 0.1) is 6.92 Å². The van der Waals surface area contributed by atoms with Crippen molar-refractivity contribution in [3.8, 4) is 17.2 Å². The van der Waals surface area contributed by atoms with Gasteiger partial charge >= 0.3 is 5.97 Å². The largest absolute Gasteiger partial charge is 0.486 e. The van der Waals surface area contributed by atoms with E-state index in [1.54, 1.807) is 23.6 Å². The molecular formula is C22H20N2O6S. The number of thiazole rings is 1. The van der Waals surface area contributed by atoms with Gasteiger partial charge in [-0.25, -0.2) is 9.78 Å². The normalized spacial score (nSPS) is 12.8. The summed E-state index contributed by atoms with van der Waals surface area (Å²) < 4.78 is 21.4. The molecule has 0 spiro atoms. The molecule has 0 saturated heterocycles. The van der Waals surface area contributed by atoms with Gasteiger partial charge in [-0.2, -0.15) is 0 Å². The highest BCUT2D eigenvalue weighted by molar-refractivity contribution is 7.09. The molecule has 1 amide bonds. The molecular weight excluding hydrogens is 420 g/mol. The smallest absolute Gasteiger partial charge is 0.358 e. The fourth-order valence-corrected chi connectivity index (χ4v) is 3.42. The van der Waals surface area contributed by atoms with Crippen molar-refractivity contribution in [1.29, 1.82) is 0 Å². The summed E-state index contributed by atoms with van der Waals surface area (Å²) >= 11 is 1.29. The zero-order valence-electron chi connectivity index (χ0n) is 16.9. The lowest BCUT2D eigenvalue weighted by Crippen LogP contribution is -2.30. The first-order valence-electron chi connectivity index (χ1n) is 9.53. The van der Waals surface area contributed by atoms with Gasteiger partial charge in [0.2, 0.25) is 6.79 Å². The molecule has 160 valence electrons. The predicted octanol–water partition coefficient (Wildman–Crippen LogP) is 3.94. The molecule has 3 aromatic rings. The molecule has 4 rings (SSSR count). The van der Waals surface area contributed by atoms with E-state index in [0.29, 0.717) is 22.2 Å². The number of benzene rings is 2. The van der Waals surface area contributed by atoms with Crippen LogP contribution in [0.25, 0.3) is 0 Å². The van der Waals surface area contributed by atoms with Crippen molar-refractivity contribution < 1.29 is 28.5 Å². The number of rotatable bonds is 7. The highest BCUT2D eigenvalue weighted by Gasteiger charge is 2.22. The van der Waals surface area contributed by atoms with Crippen LogP contribution in [-0.4, -0.2) is 29.8 Å². The van der Waals surface area contributed by atoms with Gasteiger partial charge in [0.1, 0.15) is 17.4 Å². The fraction of sp³-hybridized carbons (Fsp3) is 0.227. The highest BCUT2D eigenvalue weighted by atomic mass is 32.1. The molecule has 8 nitrogen and oxygen atoms in total. The number of fused-ring (bicyclic) bond motifs is 1. The molecule has 9 heteroatoms. The summed E-state index contributed by atoms with van der Waals surface area (Å²) in [7, 11) is 0. The quantitative estimate of drug-likeness (QED) is 0.556. The summed E-state index contributed by atoms with van der Waals surface area (Å²) in [6.45, 7) is 3.88. The molecule has 1 N–H and O–H groups in total. The maximum atomic E-state index is 12.4. The molecule has 1 aliphatic heterocycles. The Bertz CT molecular complexity index is 1100. The van der Waals surface area contributed by atoms with E-state index in [2.05, 4.69) is 10.3 Å². The summed E-state index contributed by atoms with van der Waals surface area (Å²) in [4.78, 5) is 29.0. The second kappa shape index (κ2) is 9.05. The molecule has 0 aliphatic carbocycles.